The van der Waals surface area contributed by atoms with Gasteiger partial charge in [-0.05, 0) is 50.6 Å². The summed E-state index contributed by atoms with van der Waals surface area (Å²) >= 11 is 2.82. The van der Waals surface area contributed by atoms with Crippen LogP contribution in [0.2, 0.25) is 0 Å². The molecule has 0 spiro atoms. The molecule has 37 heavy (non-hydrogen) atoms. The molecular weight excluding hydrogens is 506 g/mol. The number of thiophene rings is 1. The smallest absolute Gasteiger partial charge is 0.270 e. The summed E-state index contributed by atoms with van der Waals surface area (Å²) in [5, 5.41) is 4.36. The predicted octanol–water partition coefficient (Wildman–Crippen LogP) is 3.74. The van der Waals surface area contributed by atoms with Gasteiger partial charge < -0.3 is 14.5 Å². The molecule has 2 aliphatic heterocycles. The van der Waals surface area contributed by atoms with Gasteiger partial charge >= 0.3 is 0 Å². The van der Waals surface area contributed by atoms with Crippen molar-refractivity contribution in [2.24, 2.45) is 0 Å². The lowest BCUT2D eigenvalue weighted by molar-refractivity contribution is 0.0854. The van der Waals surface area contributed by atoms with E-state index in [-0.39, 0.29) is 11.7 Å². The molecule has 0 aliphatic carbocycles. The van der Waals surface area contributed by atoms with Gasteiger partial charge in [0.15, 0.2) is 5.13 Å². The van der Waals surface area contributed by atoms with Crippen LogP contribution in [0, 0.1) is 0 Å². The van der Waals surface area contributed by atoms with Gasteiger partial charge in [0.05, 0.1) is 10.4 Å². The number of anilines is 1. The Labute approximate surface area is 226 Å². The van der Waals surface area contributed by atoms with Crippen LogP contribution >= 0.6 is 22.7 Å². The number of thiazole rings is 1. The minimum absolute atomic E-state index is 0.0497. The van der Waals surface area contributed by atoms with Crippen molar-refractivity contribution in [3.63, 3.8) is 0 Å². The summed E-state index contributed by atoms with van der Waals surface area (Å²) in [4.78, 5) is 40.7. The molecule has 1 unspecified atom stereocenters. The van der Waals surface area contributed by atoms with E-state index in [4.69, 9.17) is 9.72 Å². The van der Waals surface area contributed by atoms with Crippen LogP contribution in [0.3, 0.4) is 0 Å². The summed E-state index contributed by atoms with van der Waals surface area (Å²) in [6, 6.07) is 11.0. The van der Waals surface area contributed by atoms with Crippen LogP contribution in [0.25, 0.3) is 0 Å². The molecule has 0 radical (unpaired) electrons. The first-order valence-corrected chi connectivity index (χ1v) is 14.5. The van der Waals surface area contributed by atoms with Gasteiger partial charge in [-0.3, -0.25) is 19.4 Å². The number of likely N-dealkylation sites (N-methyl/N-ethyl adjacent to an activating group) is 1. The molecule has 2 aliphatic rings. The number of piperazine rings is 1. The van der Waals surface area contributed by atoms with Crippen LogP contribution < -0.4 is 9.64 Å². The van der Waals surface area contributed by atoms with Crippen LogP contribution in [0.15, 0.2) is 47.2 Å². The Kier molecular flexibility index (Phi) is 8.31. The number of amides is 1. The number of hydrogen-bond acceptors (Lipinski definition) is 9. The van der Waals surface area contributed by atoms with Gasteiger partial charge in [-0.1, -0.05) is 18.2 Å². The number of nitrogens with zero attached hydrogens (tertiary/aromatic N) is 5. The molecule has 0 saturated carbocycles. The Balaban J connectivity index is 1.22. The molecule has 4 heterocycles. The fourth-order valence-corrected chi connectivity index (χ4v) is 6.19. The summed E-state index contributed by atoms with van der Waals surface area (Å²) in [5.41, 5.74) is 1.13. The number of carbonyl (C=O) groups is 2. The second-order valence-electron chi connectivity index (χ2n) is 9.69. The molecule has 1 amide bonds. The summed E-state index contributed by atoms with van der Waals surface area (Å²) in [7, 11) is 4.23. The van der Waals surface area contributed by atoms with Gasteiger partial charge in [0.1, 0.15) is 11.4 Å². The average Bonchev–Trinajstić information content (AvgIpc) is 3.67. The topological polar surface area (TPSA) is 69.2 Å². The third-order valence-electron chi connectivity index (χ3n) is 6.81. The van der Waals surface area contributed by atoms with Crippen molar-refractivity contribution in [1.82, 2.24) is 19.7 Å². The first kappa shape index (κ1) is 26.0. The van der Waals surface area contributed by atoms with Gasteiger partial charge in [-0.25, -0.2) is 4.98 Å². The van der Waals surface area contributed by atoms with Gasteiger partial charge in [0, 0.05) is 51.2 Å². The highest BCUT2D eigenvalue weighted by Gasteiger charge is 2.36. The Morgan fingerprint density at radius 2 is 1.78 bits per heavy atom. The van der Waals surface area contributed by atoms with Crippen LogP contribution in [-0.4, -0.2) is 97.8 Å². The lowest BCUT2D eigenvalue weighted by Crippen LogP contribution is -2.48. The molecule has 1 atom stereocenters. The Hall–Kier alpha value is -2.63. The van der Waals surface area contributed by atoms with Gasteiger partial charge in [0.25, 0.3) is 5.91 Å². The van der Waals surface area contributed by atoms with Crippen LogP contribution in [-0.2, 0) is 0 Å². The number of benzene rings is 1. The average molecular weight is 540 g/mol. The summed E-state index contributed by atoms with van der Waals surface area (Å²) in [6.07, 6.45) is 0.0958. The molecule has 3 aromatic rings. The number of ether oxygens (including phenoxy) is 1. The highest BCUT2D eigenvalue weighted by Crippen LogP contribution is 2.38. The number of aromatic nitrogens is 1. The molecule has 0 N–H and O–H groups in total. The zero-order valence-electron chi connectivity index (χ0n) is 21.3. The monoisotopic (exact) mass is 539 g/mol. The molecule has 1 aromatic carbocycles. The van der Waals surface area contributed by atoms with E-state index >= 15 is 0 Å². The van der Waals surface area contributed by atoms with Crippen molar-refractivity contribution < 1.29 is 14.3 Å². The molecule has 1 saturated heterocycles. The largest absolute Gasteiger partial charge is 0.475 e. The molecule has 1 fully saturated rings. The van der Waals surface area contributed by atoms with Gasteiger partial charge in [-0.2, -0.15) is 0 Å². The van der Waals surface area contributed by atoms with Crippen molar-refractivity contribution in [1.29, 1.82) is 0 Å². The lowest BCUT2D eigenvalue weighted by atomic mass is 10.1. The Morgan fingerprint density at radius 3 is 2.49 bits per heavy atom. The zero-order chi connectivity index (χ0) is 25.8. The SMILES string of the molecule is CN(C)CCN1CCN(CCCN(C(=O)c2cccs2)c2nc(C3Oc4ccccc4C3=O)cs2)CC1. The van der Waals surface area contributed by atoms with E-state index in [0.717, 1.165) is 52.2 Å². The number of hydrogen-bond donors (Lipinski definition) is 0. The minimum Gasteiger partial charge on any atom is -0.475 e. The molecule has 0 bridgehead atoms. The number of rotatable bonds is 10. The predicted molar refractivity (Wildman–Crippen MR) is 148 cm³/mol. The van der Waals surface area contributed by atoms with E-state index in [2.05, 4.69) is 28.8 Å². The first-order valence-electron chi connectivity index (χ1n) is 12.7. The van der Waals surface area contributed by atoms with E-state index in [1.165, 1.54) is 22.7 Å². The number of ketones is 1. The van der Waals surface area contributed by atoms with Crippen molar-refractivity contribution in [3.05, 3.63) is 63.3 Å². The summed E-state index contributed by atoms with van der Waals surface area (Å²) in [5.74, 6) is 0.444. The van der Waals surface area contributed by atoms with E-state index < -0.39 is 6.10 Å². The third-order valence-corrected chi connectivity index (χ3v) is 8.55. The maximum absolute atomic E-state index is 13.4. The number of Topliss-reactive ketones (excluding diaryl/α,β-unsaturated/α-hetero) is 1. The third kappa shape index (κ3) is 6.10. The maximum Gasteiger partial charge on any atom is 0.270 e. The molecule has 2 aromatic heterocycles. The van der Waals surface area contributed by atoms with Crippen molar-refractivity contribution in [2.75, 3.05) is 71.4 Å². The molecule has 8 nitrogen and oxygen atoms in total. The quantitative estimate of drug-likeness (QED) is 0.389. The number of fused-ring (bicyclic) bond motifs is 1. The standard InChI is InChI=1S/C27H33N5O3S2/c1-29(2)12-13-31-16-14-30(15-17-31)10-6-11-32(26(34)23-9-5-18-36-23)27-28-21(19-37-27)25-24(33)20-7-3-4-8-22(20)35-25/h3-5,7-9,18-19,25H,6,10-17H2,1-2H3. The highest BCUT2D eigenvalue weighted by atomic mass is 32.1. The fraction of sp³-hybridized carbons (Fsp3) is 0.444. The van der Waals surface area contributed by atoms with Crippen molar-refractivity contribution >= 4 is 39.5 Å². The highest BCUT2D eigenvalue weighted by molar-refractivity contribution is 7.14. The van der Waals surface area contributed by atoms with Crippen molar-refractivity contribution in [3.8, 4) is 5.75 Å². The molecular formula is C27H33N5O3S2. The van der Waals surface area contributed by atoms with E-state index in [9.17, 15) is 9.59 Å². The Bertz CT molecular complexity index is 1200. The second kappa shape index (κ2) is 11.8. The van der Waals surface area contributed by atoms with Gasteiger partial charge in [-0.15, -0.1) is 22.7 Å². The summed E-state index contributed by atoms with van der Waals surface area (Å²) in [6.45, 7) is 7.97. The minimum atomic E-state index is -0.759. The molecule has 10 heteroatoms. The number of para-hydroxylation sites is 1. The zero-order valence-corrected chi connectivity index (χ0v) is 23.0. The summed E-state index contributed by atoms with van der Waals surface area (Å²) < 4.78 is 5.91. The van der Waals surface area contributed by atoms with Crippen LogP contribution in [0.4, 0.5) is 5.13 Å². The van der Waals surface area contributed by atoms with Crippen molar-refractivity contribution in [2.45, 2.75) is 12.5 Å². The van der Waals surface area contributed by atoms with Crippen LogP contribution in [0.1, 0.15) is 38.2 Å². The normalized spacial score (nSPS) is 18.2. The maximum atomic E-state index is 13.4. The number of carbonyl (C=O) groups excluding carboxylic acids is 2. The van der Waals surface area contributed by atoms with Gasteiger partial charge in [0.2, 0.25) is 11.9 Å². The van der Waals surface area contributed by atoms with Crippen LogP contribution in [0.5, 0.6) is 5.75 Å². The fourth-order valence-electron chi connectivity index (χ4n) is 4.66. The van der Waals surface area contributed by atoms with E-state index in [0.29, 0.717) is 33.6 Å². The second-order valence-corrected chi connectivity index (χ2v) is 11.5. The lowest BCUT2D eigenvalue weighted by Gasteiger charge is -2.35. The molecule has 5 rings (SSSR count). The van der Waals surface area contributed by atoms with E-state index in [1.807, 2.05) is 35.0 Å². The molecule has 196 valence electrons. The first-order chi connectivity index (χ1) is 18.0. The Morgan fingerprint density at radius 1 is 1.03 bits per heavy atom. The van der Waals surface area contributed by atoms with E-state index in [1.54, 1.807) is 17.0 Å².